The SMILES string of the molecule is CC(C)c1ccc2c(N)c(C(=O)c3ccc(S(=O)(=O)Nc4ncccn4)cc3)sc2n1. The molecule has 0 aliphatic carbocycles. The Hall–Kier alpha value is -3.37. The molecule has 1 aromatic carbocycles. The number of nitrogen functional groups attached to an aromatic ring is 1. The number of anilines is 2. The molecule has 3 heterocycles. The molecule has 0 spiro atoms. The van der Waals surface area contributed by atoms with Crippen LogP contribution >= 0.6 is 11.3 Å². The van der Waals surface area contributed by atoms with Crippen molar-refractivity contribution in [3.05, 3.63) is 71.0 Å². The Labute approximate surface area is 183 Å². The van der Waals surface area contributed by atoms with Crippen LogP contribution in [0.2, 0.25) is 0 Å². The second-order valence-electron chi connectivity index (χ2n) is 7.12. The molecule has 0 aliphatic heterocycles. The van der Waals surface area contributed by atoms with Crippen LogP contribution in [-0.2, 0) is 10.0 Å². The Balaban J connectivity index is 1.62. The largest absolute Gasteiger partial charge is 0.397 e. The number of sulfonamides is 1. The van der Waals surface area contributed by atoms with Gasteiger partial charge < -0.3 is 5.73 Å². The Morgan fingerprint density at radius 3 is 2.39 bits per heavy atom. The average Bonchev–Trinajstić information content (AvgIpc) is 3.09. The van der Waals surface area contributed by atoms with E-state index < -0.39 is 10.0 Å². The van der Waals surface area contributed by atoms with E-state index in [-0.39, 0.29) is 22.5 Å². The van der Waals surface area contributed by atoms with Gasteiger partial charge in [0.05, 0.1) is 10.6 Å². The van der Waals surface area contributed by atoms with E-state index in [0.717, 1.165) is 11.1 Å². The number of aromatic nitrogens is 3. The van der Waals surface area contributed by atoms with Crippen molar-refractivity contribution in [1.29, 1.82) is 0 Å². The number of pyridine rings is 1. The van der Waals surface area contributed by atoms with Crippen molar-refractivity contribution in [3.8, 4) is 0 Å². The number of rotatable bonds is 6. The highest BCUT2D eigenvalue weighted by atomic mass is 32.2. The lowest BCUT2D eigenvalue weighted by molar-refractivity contribution is 0.104. The maximum Gasteiger partial charge on any atom is 0.264 e. The van der Waals surface area contributed by atoms with Crippen LogP contribution in [0.1, 0.15) is 40.7 Å². The fraction of sp³-hybridized carbons (Fsp3) is 0.143. The number of carbonyl (C=O) groups is 1. The molecule has 0 saturated heterocycles. The molecule has 0 bridgehead atoms. The molecule has 3 N–H and O–H groups in total. The number of nitrogens with two attached hydrogens (primary N) is 1. The van der Waals surface area contributed by atoms with Crippen molar-refractivity contribution in [2.24, 2.45) is 0 Å². The molecule has 31 heavy (non-hydrogen) atoms. The molecular formula is C21H19N5O3S2. The molecule has 0 aliphatic rings. The summed E-state index contributed by atoms with van der Waals surface area (Å²) in [4.78, 5) is 26.4. The van der Waals surface area contributed by atoms with Gasteiger partial charge in [0.25, 0.3) is 10.0 Å². The zero-order valence-electron chi connectivity index (χ0n) is 16.7. The zero-order chi connectivity index (χ0) is 22.2. The molecule has 0 saturated carbocycles. The third kappa shape index (κ3) is 4.12. The van der Waals surface area contributed by atoms with Crippen LogP contribution in [0.4, 0.5) is 11.6 Å². The van der Waals surface area contributed by atoms with E-state index in [1.165, 1.54) is 48.0 Å². The molecule has 0 fully saturated rings. The predicted molar refractivity (Wildman–Crippen MR) is 121 cm³/mol. The quantitative estimate of drug-likeness (QED) is 0.425. The highest BCUT2D eigenvalue weighted by Crippen LogP contribution is 2.35. The first-order valence-corrected chi connectivity index (χ1v) is 11.7. The smallest absolute Gasteiger partial charge is 0.264 e. The fourth-order valence-electron chi connectivity index (χ4n) is 2.95. The summed E-state index contributed by atoms with van der Waals surface area (Å²) in [6.45, 7) is 4.09. The summed E-state index contributed by atoms with van der Waals surface area (Å²) in [5.74, 6) is -0.0554. The minimum atomic E-state index is -3.88. The normalized spacial score (nSPS) is 11.7. The molecule has 158 valence electrons. The molecule has 3 aromatic heterocycles. The van der Waals surface area contributed by atoms with E-state index in [0.29, 0.717) is 21.0 Å². The van der Waals surface area contributed by atoms with Crippen LogP contribution in [0, 0.1) is 0 Å². The summed E-state index contributed by atoms with van der Waals surface area (Å²) >= 11 is 1.24. The van der Waals surface area contributed by atoms with E-state index in [1.54, 1.807) is 6.07 Å². The van der Waals surface area contributed by atoms with E-state index in [4.69, 9.17) is 5.73 Å². The molecule has 10 heteroatoms. The lowest BCUT2D eigenvalue weighted by Gasteiger charge is -2.07. The first-order valence-electron chi connectivity index (χ1n) is 9.40. The zero-order valence-corrected chi connectivity index (χ0v) is 18.4. The van der Waals surface area contributed by atoms with Crippen molar-refractivity contribution >= 4 is 49.0 Å². The van der Waals surface area contributed by atoms with Crippen molar-refractivity contribution in [3.63, 3.8) is 0 Å². The van der Waals surface area contributed by atoms with E-state index in [1.807, 2.05) is 26.0 Å². The number of hydrogen-bond acceptors (Lipinski definition) is 8. The fourth-order valence-corrected chi connectivity index (χ4v) is 4.97. The number of carbonyl (C=O) groups excluding carboxylic acids is 1. The third-order valence-electron chi connectivity index (χ3n) is 4.63. The van der Waals surface area contributed by atoms with Crippen LogP contribution in [0.15, 0.2) is 59.8 Å². The van der Waals surface area contributed by atoms with Crippen molar-refractivity contribution < 1.29 is 13.2 Å². The minimum absolute atomic E-state index is 0.0101. The van der Waals surface area contributed by atoms with Gasteiger partial charge in [0, 0.05) is 29.0 Å². The lowest BCUT2D eigenvalue weighted by Crippen LogP contribution is -2.15. The number of benzene rings is 1. The van der Waals surface area contributed by atoms with Crippen LogP contribution in [0.5, 0.6) is 0 Å². The molecule has 0 atom stereocenters. The minimum Gasteiger partial charge on any atom is -0.397 e. The van der Waals surface area contributed by atoms with Gasteiger partial charge in [0.15, 0.2) is 0 Å². The summed E-state index contributed by atoms with van der Waals surface area (Å²) < 4.78 is 27.3. The van der Waals surface area contributed by atoms with Gasteiger partial charge in [-0.15, -0.1) is 11.3 Å². The van der Waals surface area contributed by atoms with Gasteiger partial charge in [-0.3, -0.25) is 4.79 Å². The lowest BCUT2D eigenvalue weighted by atomic mass is 10.1. The summed E-state index contributed by atoms with van der Waals surface area (Å²) in [6.07, 6.45) is 2.86. The van der Waals surface area contributed by atoms with Crippen molar-refractivity contribution in [1.82, 2.24) is 15.0 Å². The predicted octanol–water partition coefficient (Wildman–Crippen LogP) is 3.82. The Kier molecular flexibility index (Phi) is 5.42. The first kappa shape index (κ1) is 20.9. The second-order valence-corrected chi connectivity index (χ2v) is 9.80. The Morgan fingerprint density at radius 2 is 1.74 bits per heavy atom. The van der Waals surface area contributed by atoms with E-state index >= 15 is 0 Å². The Bertz CT molecular complexity index is 1370. The highest BCUT2D eigenvalue weighted by Gasteiger charge is 2.21. The summed E-state index contributed by atoms with van der Waals surface area (Å²) in [5.41, 5.74) is 7.86. The maximum atomic E-state index is 13.0. The molecule has 4 rings (SSSR count). The van der Waals surface area contributed by atoms with Crippen molar-refractivity contribution in [2.75, 3.05) is 10.5 Å². The van der Waals surface area contributed by atoms with Gasteiger partial charge in [-0.05, 0) is 48.4 Å². The summed E-state index contributed by atoms with van der Waals surface area (Å²) in [7, 11) is -3.88. The average molecular weight is 454 g/mol. The number of nitrogens with zero attached hydrogens (tertiary/aromatic N) is 3. The van der Waals surface area contributed by atoms with E-state index in [2.05, 4.69) is 19.7 Å². The molecular weight excluding hydrogens is 434 g/mol. The van der Waals surface area contributed by atoms with Crippen molar-refractivity contribution in [2.45, 2.75) is 24.7 Å². The monoisotopic (exact) mass is 453 g/mol. The third-order valence-corrected chi connectivity index (χ3v) is 7.09. The number of ketones is 1. The van der Waals surface area contributed by atoms with Gasteiger partial charge in [-0.2, -0.15) is 0 Å². The van der Waals surface area contributed by atoms with Gasteiger partial charge in [0.2, 0.25) is 11.7 Å². The molecule has 0 radical (unpaired) electrons. The topological polar surface area (TPSA) is 128 Å². The summed E-state index contributed by atoms with van der Waals surface area (Å²) in [5, 5.41) is 0.740. The number of hydrogen-bond donors (Lipinski definition) is 2. The summed E-state index contributed by atoms with van der Waals surface area (Å²) in [6, 6.07) is 11.0. The van der Waals surface area contributed by atoms with Crippen LogP contribution < -0.4 is 10.5 Å². The number of nitrogens with one attached hydrogen (secondary N) is 1. The van der Waals surface area contributed by atoms with Gasteiger partial charge in [-0.25, -0.2) is 28.1 Å². The van der Waals surface area contributed by atoms with Gasteiger partial charge in [-0.1, -0.05) is 13.8 Å². The molecule has 4 aromatic rings. The van der Waals surface area contributed by atoms with E-state index in [9.17, 15) is 13.2 Å². The van der Waals surface area contributed by atoms with Crippen LogP contribution in [0.25, 0.3) is 10.2 Å². The van der Waals surface area contributed by atoms with Gasteiger partial charge >= 0.3 is 0 Å². The van der Waals surface area contributed by atoms with Crippen LogP contribution in [0.3, 0.4) is 0 Å². The molecule has 0 amide bonds. The van der Waals surface area contributed by atoms with Crippen LogP contribution in [-0.4, -0.2) is 29.2 Å². The second kappa shape index (κ2) is 8.05. The van der Waals surface area contributed by atoms with Gasteiger partial charge in [0.1, 0.15) is 9.71 Å². The number of thiophene rings is 1. The first-order chi connectivity index (χ1) is 14.8. The maximum absolute atomic E-state index is 13.0. The highest BCUT2D eigenvalue weighted by molar-refractivity contribution is 7.92. The Morgan fingerprint density at radius 1 is 1.06 bits per heavy atom. The molecule has 0 unspecified atom stereocenters. The number of fused-ring (bicyclic) bond motifs is 1. The standard InChI is InChI=1S/C21H19N5O3S2/c1-12(2)16-9-8-15-17(22)19(30-20(15)25-16)18(27)13-4-6-14(7-5-13)31(28,29)26-21-23-10-3-11-24-21/h3-12H,22H2,1-2H3,(H,23,24,26). The molecule has 8 nitrogen and oxygen atoms in total.